The van der Waals surface area contributed by atoms with Crippen molar-refractivity contribution in [3.63, 3.8) is 0 Å². The largest absolute Gasteiger partial charge is 0.417 e. The van der Waals surface area contributed by atoms with Crippen LogP contribution in [0.25, 0.3) is 0 Å². The number of nitrogens with one attached hydrogen (secondary N) is 1. The van der Waals surface area contributed by atoms with Gasteiger partial charge in [-0.2, -0.15) is 26.3 Å². The van der Waals surface area contributed by atoms with Crippen LogP contribution in [0.1, 0.15) is 21.5 Å². The highest BCUT2D eigenvalue weighted by atomic mass is 31.1. The van der Waals surface area contributed by atoms with Gasteiger partial charge in [0.25, 0.3) is 5.91 Å². The van der Waals surface area contributed by atoms with Crippen LogP contribution >= 0.6 is 7.42 Å². The number of hydrogen-bond donors (Lipinski definition) is 1. The molecule has 11 heteroatoms. The third-order valence-corrected chi connectivity index (χ3v) is 4.47. The predicted octanol–water partition coefficient (Wildman–Crippen LogP) is 3.12. The van der Waals surface area contributed by atoms with Crippen molar-refractivity contribution < 1.29 is 35.7 Å². The maximum atomic E-state index is 13.1. The van der Waals surface area contributed by atoms with Gasteiger partial charge in [0, 0.05) is 0 Å². The van der Waals surface area contributed by atoms with Crippen LogP contribution < -0.4 is 16.1 Å². The molecule has 1 N–H and O–H groups in total. The average Bonchev–Trinajstić information content (AvgIpc) is 2.54. The lowest BCUT2D eigenvalue weighted by Gasteiger charge is -2.16. The van der Waals surface area contributed by atoms with E-state index >= 15 is 0 Å². The summed E-state index contributed by atoms with van der Waals surface area (Å²) in [5.41, 5.74) is -3.53. The minimum atomic E-state index is -5.04. The molecule has 0 bridgehead atoms. The molecule has 0 spiro atoms. The lowest BCUT2D eigenvalue weighted by molar-refractivity contribution is -0.141. The maximum Gasteiger partial charge on any atom is 0.417 e. The number of hydrogen-bond acceptors (Lipinski definition) is 2. The molecule has 0 saturated carbocycles. The van der Waals surface area contributed by atoms with Crippen molar-refractivity contribution in [3.8, 4) is 0 Å². The first-order valence-corrected chi connectivity index (χ1v) is 8.73. The van der Waals surface area contributed by atoms with E-state index in [-0.39, 0.29) is 29.2 Å². The molecule has 0 aliphatic carbocycles. The second-order valence-electron chi connectivity index (χ2n) is 5.61. The molecule has 3 nitrogen and oxygen atoms in total. The molecule has 0 fully saturated rings. The van der Waals surface area contributed by atoms with E-state index in [0.29, 0.717) is 5.46 Å². The molecule has 2 rings (SSSR count). The molecule has 27 heavy (non-hydrogen) atoms. The molecule has 1 amide bonds. The molecule has 0 aliphatic rings. The van der Waals surface area contributed by atoms with Crippen LogP contribution in [0.2, 0.25) is 0 Å². The molecule has 142 valence electrons. The van der Waals surface area contributed by atoms with Gasteiger partial charge in [-0.3, -0.25) is 9.36 Å². The van der Waals surface area contributed by atoms with E-state index in [4.69, 9.17) is 0 Å². The van der Waals surface area contributed by atoms with Gasteiger partial charge in [-0.1, -0.05) is 17.6 Å². The zero-order valence-corrected chi connectivity index (χ0v) is 14.6. The van der Waals surface area contributed by atoms with Crippen molar-refractivity contribution in [2.45, 2.75) is 12.4 Å². The highest BCUT2D eigenvalue weighted by molar-refractivity contribution is 7.52. The number of halogens is 6. The summed E-state index contributed by atoms with van der Waals surface area (Å²) in [5, 5.41) is 2.16. The minimum Gasteiger partial charge on any atom is -0.321 e. The van der Waals surface area contributed by atoms with E-state index in [9.17, 15) is 35.7 Å². The van der Waals surface area contributed by atoms with Crippen molar-refractivity contribution in [3.05, 3.63) is 53.1 Å². The van der Waals surface area contributed by atoms with E-state index in [2.05, 4.69) is 11.6 Å². The zero-order valence-electron chi connectivity index (χ0n) is 13.7. The number of alkyl halides is 6. The van der Waals surface area contributed by atoms with Crippen LogP contribution in [0, 0.1) is 0 Å². The maximum absolute atomic E-state index is 13.1. The predicted molar refractivity (Wildman–Crippen MR) is 93.4 cm³/mol. The van der Waals surface area contributed by atoms with E-state index in [1.54, 1.807) is 7.85 Å². The van der Waals surface area contributed by atoms with Gasteiger partial charge in [-0.25, -0.2) is 0 Å². The van der Waals surface area contributed by atoms with E-state index in [0.717, 1.165) is 0 Å². The molecular formula is C16H11BF6NO2P. The fraction of sp³-hybridized carbons (Fsp3) is 0.125. The Hall–Kier alpha value is -2.48. The Morgan fingerprint density at radius 3 is 2.15 bits per heavy atom. The van der Waals surface area contributed by atoms with Crippen LogP contribution in [0.5, 0.6) is 0 Å². The van der Waals surface area contributed by atoms with Gasteiger partial charge in [0.1, 0.15) is 15.3 Å². The average molecular weight is 405 g/mol. The molecule has 0 aliphatic heterocycles. The first-order valence-electron chi connectivity index (χ1n) is 7.29. The van der Waals surface area contributed by atoms with Gasteiger partial charge in [0.2, 0.25) is 0 Å². The minimum absolute atomic E-state index is 0.0684. The number of carbonyl (C=O) groups excluding carboxylic acids is 1. The zero-order chi connectivity index (χ0) is 20.6. The topological polar surface area (TPSA) is 46.2 Å². The summed E-state index contributed by atoms with van der Waals surface area (Å²) in [4.78, 5) is 12.3. The molecule has 0 heterocycles. The molecule has 0 saturated heterocycles. The number of amides is 1. The Kier molecular flexibility index (Phi) is 5.61. The smallest absolute Gasteiger partial charge is 0.321 e. The second-order valence-corrected chi connectivity index (χ2v) is 6.85. The Morgan fingerprint density at radius 1 is 1.00 bits per heavy atom. The molecule has 1 atom stereocenters. The summed E-state index contributed by atoms with van der Waals surface area (Å²) >= 11 is 0. The lowest BCUT2D eigenvalue weighted by Crippen LogP contribution is -2.23. The van der Waals surface area contributed by atoms with Crippen LogP contribution in [-0.2, 0) is 16.9 Å². The van der Waals surface area contributed by atoms with Gasteiger partial charge in [-0.15, -0.1) is 0 Å². The molecule has 2 aromatic carbocycles. The standard InChI is InChI=1S/C16H11BF6NO2P/c1-27(26)13-7-9(17)3-5-12(13)24-14(25)10-6-8(15(18,19)20)2-4-11(10)16(21,22)23/h2-7H,1,17H2,(H,24,25). The van der Waals surface area contributed by atoms with Crippen molar-refractivity contribution in [1.82, 2.24) is 0 Å². The summed E-state index contributed by atoms with van der Waals surface area (Å²) in [6.07, 6.45) is -6.64. The van der Waals surface area contributed by atoms with Gasteiger partial charge in [0.05, 0.1) is 27.7 Å². The molecule has 0 aromatic heterocycles. The molecule has 1 unspecified atom stereocenters. The first-order chi connectivity index (χ1) is 12.3. The van der Waals surface area contributed by atoms with Gasteiger partial charge >= 0.3 is 12.4 Å². The van der Waals surface area contributed by atoms with E-state index < -0.39 is 42.4 Å². The fourth-order valence-electron chi connectivity index (χ4n) is 2.30. The van der Waals surface area contributed by atoms with Crippen LogP contribution in [0.4, 0.5) is 32.0 Å². The molecular weight excluding hydrogens is 394 g/mol. The Bertz CT molecular complexity index is 958. The number of benzene rings is 2. The molecule has 0 radical (unpaired) electrons. The fourth-order valence-corrected chi connectivity index (χ4v) is 3.05. The van der Waals surface area contributed by atoms with Crippen molar-refractivity contribution in [1.29, 1.82) is 0 Å². The Morgan fingerprint density at radius 2 is 1.63 bits per heavy atom. The highest BCUT2D eigenvalue weighted by Gasteiger charge is 2.38. The van der Waals surface area contributed by atoms with Crippen LogP contribution in [0.15, 0.2) is 36.4 Å². The van der Waals surface area contributed by atoms with Crippen molar-refractivity contribution in [2.75, 3.05) is 5.32 Å². The number of anilines is 1. The first kappa shape index (κ1) is 20.8. The summed E-state index contributed by atoms with van der Waals surface area (Å²) in [5.74, 6) is -1.41. The third kappa shape index (κ3) is 4.83. The lowest BCUT2D eigenvalue weighted by atomic mass is 9.96. The second kappa shape index (κ2) is 7.27. The van der Waals surface area contributed by atoms with E-state index in [1.165, 1.54) is 18.2 Å². The van der Waals surface area contributed by atoms with Crippen molar-refractivity contribution >= 4 is 43.9 Å². The quantitative estimate of drug-likeness (QED) is 0.485. The highest BCUT2D eigenvalue weighted by Crippen LogP contribution is 2.36. The summed E-state index contributed by atoms with van der Waals surface area (Å²) in [7, 11) is -0.549. The van der Waals surface area contributed by atoms with Crippen LogP contribution in [-0.4, -0.2) is 20.1 Å². The van der Waals surface area contributed by atoms with Crippen molar-refractivity contribution in [2.24, 2.45) is 0 Å². The summed E-state index contributed by atoms with van der Waals surface area (Å²) in [6, 6.07) is 4.80. The third-order valence-electron chi connectivity index (χ3n) is 3.57. The van der Waals surface area contributed by atoms with Gasteiger partial charge in [0.15, 0.2) is 0 Å². The Labute approximate surface area is 151 Å². The molecule has 2 aromatic rings. The SMILES string of the molecule is Bc1ccc(NC(=O)c2cc(C(F)(F)F)ccc2C(F)(F)F)c(P(=C)=O)c1. The van der Waals surface area contributed by atoms with Gasteiger partial charge in [-0.05, 0) is 30.6 Å². The van der Waals surface area contributed by atoms with E-state index in [1.807, 2.05) is 0 Å². The normalized spacial score (nSPS) is 12.6. The van der Waals surface area contributed by atoms with Gasteiger partial charge < -0.3 is 5.32 Å². The monoisotopic (exact) mass is 405 g/mol. The van der Waals surface area contributed by atoms with Crippen LogP contribution in [0.3, 0.4) is 0 Å². The number of rotatable bonds is 3. The summed E-state index contributed by atoms with van der Waals surface area (Å²) in [6.45, 7) is 0. The summed E-state index contributed by atoms with van der Waals surface area (Å²) < 4.78 is 89.6. The number of carbonyl (C=O) groups is 1. The Balaban J connectivity index is 2.55.